The average Bonchev–Trinajstić information content (AvgIpc) is 2.15. The second-order valence-corrected chi connectivity index (χ2v) is 2.31. The number of nitrogens with zero attached hydrogens (tertiary/aromatic N) is 1. The van der Waals surface area contributed by atoms with Crippen molar-refractivity contribution in [2.45, 2.75) is 6.42 Å². The molecule has 1 aromatic rings. The number of nitrogens with one attached hydrogen (secondary N) is 1. The molecular weight excluding hydrogens is 126 g/mol. The van der Waals surface area contributed by atoms with Crippen LogP contribution in [0.15, 0.2) is 18.3 Å². The Bertz CT molecular complexity index is 237. The Morgan fingerprint density at radius 2 is 2.50 bits per heavy atom. The van der Waals surface area contributed by atoms with Gasteiger partial charge in [0, 0.05) is 25.4 Å². The van der Waals surface area contributed by atoms with Crippen LogP contribution in [0.3, 0.4) is 0 Å². The van der Waals surface area contributed by atoms with Gasteiger partial charge in [0.15, 0.2) is 0 Å². The lowest BCUT2D eigenvalue weighted by atomic mass is 10.3. The van der Waals surface area contributed by atoms with E-state index in [1.54, 1.807) is 0 Å². The number of rotatable bonds is 2. The Morgan fingerprint density at radius 3 is 2.90 bits per heavy atom. The van der Waals surface area contributed by atoms with Crippen LogP contribution in [-0.2, 0) is 13.5 Å². The summed E-state index contributed by atoms with van der Waals surface area (Å²) in [6, 6.07) is 3.90. The summed E-state index contributed by atoms with van der Waals surface area (Å²) in [6.45, 7) is 0. The molecule has 0 aliphatic carbocycles. The van der Waals surface area contributed by atoms with Crippen LogP contribution in [0.5, 0.6) is 0 Å². The van der Waals surface area contributed by atoms with E-state index in [2.05, 4.69) is 0 Å². The van der Waals surface area contributed by atoms with Crippen molar-refractivity contribution >= 4 is 5.84 Å². The van der Waals surface area contributed by atoms with Gasteiger partial charge in [-0.25, -0.2) is 0 Å². The number of hydrogen-bond acceptors (Lipinski definition) is 1. The Morgan fingerprint density at radius 1 is 1.80 bits per heavy atom. The van der Waals surface area contributed by atoms with Crippen LogP contribution in [0.4, 0.5) is 0 Å². The van der Waals surface area contributed by atoms with E-state index in [-0.39, 0.29) is 5.84 Å². The van der Waals surface area contributed by atoms with Gasteiger partial charge in [-0.15, -0.1) is 0 Å². The minimum absolute atomic E-state index is 0.210. The van der Waals surface area contributed by atoms with Gasteiger partial charge < -0.3 is 10.3 Å². The maximum atomic E-state index is 7.03. The first-order valence-electron chi connectivity index (χ1n) is 3.13. The second-order valence-electron chi connectivity index (χ2n) is 2.31. The Labute approximate surface area is 60.0 Å². The van der Waals surface area contributed by atoms with E-state index in [0.29, 0.717) is 6.42 Å². The smallest absolute Gasteiger partial charge is 0.0965 e. The van der Waals surface area contributed by atoms with E-state index in [9.17, 15) is 0 Å². The highest BCUT2D eigenvalue weighted by Crippen LogP contribution is 1.99. The fourth-order valence-electron chi connectivity index (χ4n) is 0.875. The molecule has 0 fully saturated rings. The van der Waals surface area contributed by atoms with E-state index in [4.69, 9.17) is 11.1 Å². The van der Waals surface area contributed by atoms with E-state index < -0.39 is 0 Å². The zero-order valence-corrected chi connectivity index (χ0v) is 5.96. The molecule has 3 nitrogen and oxygen atoms in total. The normalized spacial score (nSPS) is 9.70. The lowest BCUT2D eigenvalue weighted by Crippen LogP contribution is -2.14. The number of hydrogen-bond donors (Lipinski definition) is 2. The molecule has 0 aliphatic heterocycles. The van der Waals surface area contributed by atoms with Gasteiger partial charge in [-0.2, -0.15) is 0 Å². The third-order valence-electron chi connectivity index (χ3n) is 1.42. The molecule has 0 aliphatic rings. The van der Waals surface area contributed by atoms with Crippen LogP contribution in [0.25, 0.3) is 0 Å². The summed E-state index contributed by atoms with van der Waals surface area (Å²) in [5, 5.41) is 7.03. The van der Waals surface area contributed by atoms with Gasteiger partial charge in [0.2, 0.25) is 0 Å². The standard InChI is InChI=1S/C7H11N3/c1-10-4-2-3-6(10)5-7(8)9/h2-4H,5H2,1H3,(H3,8,9). The lowest BCUT2D eigenvalue weighted by molar-refractivity contribution is 0.863. The molecule has 10 heavy (non-hydrogen) atoms. The number of aromatic nitrogens is 1. The van der Waals surface area contributed by atoms with Gasteiger partial charge in [0.25, 0.3) is 0 Å². The first-order chi connectivity index (χ1) is 4.70. The van der Waals surface area contributed by atoms with Crippen molar-refractivity contribution < 1.29 is 0 Å². The molecule has 0 unspecified atom stereocenters. The zero-order valence-electron chi connectivity index (χ0n) is 5.96. The quantitative estimate of drug-likeness (QED) is 0.452. The van der Waals surface area contributed by atoms with E-state index in [1.165, 1.54) is 0 Å². The van der Waals surface area contributed by atoms with Crippen LogP contribution in [0.2, 0.25) is 0 Å². The molecule has 1 aromatic heterocycles. The summed E-state index contributed by atoms with van der Waals surface area (Å²) >= 11 is 0. The van der Waals surface area contributed by atoms with Crippen LogP contribution < -0.4 is 5.73 Å². The fraction of sp³-hybridized carbons (Fsp3) is 0.286. The minimum atomic E-state index is 0.210. The molecule has 0 spiro atoms. The van der Waals surface area contributed by atoms with E-state index >= 15 is 0 Å². The summed E-state index contributed by atoms with van der Waals surface area (Å²) in [5.74, 6) is 0.210. The first kappa shape index (κ1) is 6.86. The Kier molecular flexibility index (Phi) is 1.76. The molecular formula is C7H11N3. The van der Waals surface area contributed by atoms with Crippen LogP contribution >= 0.6 is 0 Å². The third kappa shape index (κ3) is 1.37. The van der Waals surface area contributed by atoms with Crippen molar-refractivity contribution in [1.82, 2.24) is 4.57 Å². The predicted molar refractivity (Wildman–Crippen MR) is 41.0 cm³/mol. The summed E-state index contributed by atoms with van der Waals surface area (Å²) in [5.41, 5.74) is 6.30. The molecule has 3 N–H and O–H groups in total. The van der Waals surface area contributed by atoms with Crippen molar-refractivity contribution in [3.8, 4) is 0 Å². The molecule has 0 atom stereocenters. The molecule has 0 bridgehead atoms. The first-order valence-corrected chi connectivity index (χ1v) is 3.13. The SMILES string of the molecule is Cn1cccc1CC(=N)N. The fourth-order valence-corrected chi connectivity index (χ4v) is 0.875. The highest BCUT2D eigenvalue weighted by Gasteiger charge is 1.96. The molecule has 3 heteroatoms. The van der Waals surface area contributed by atoms with Crippen LogP contribution in [0.1, 0.15) is 5.69 Å². The monoisotopic (exact) mass is 137 g/mol. The van der Waals surface area contributed by atoms with Crippen molar-refractivity contribution in [3.63, 3.8) is 0 Å². The van der Waals surface area contributed by atoms with Gasteiger partial charge in [0.1, 0.15) is 0 Å². The Hall–Kier alpha value is -1.25. The van der Waals surface area contributed by atoms with E-state index in [1.807, 2.05) is 29.9 Å². The molecule has 0 aromatic carbocycles. The zero-order chi connectivity index (χ0) is 7.56. The van der Waals surface area contributed by atoms with Crippen molar-refractivity contribution in [2.75, 3.05) is 0 Å². The summed E-state index contributed by atoms with van der Waals surface area (Å²) in [7, 11) is 1.94. The minimum Gasteiger partial charge on any atom is -0.387 e. The summed E-state index contributed by atoms with van der Waals surface area (Å²) in [6.07, 6.45) is 2.49. The molecule has 0 saturated carbocycles. The van der Waals surface area contributed by atoms with Crippen molar-refractivity contribution in [1.29, 1.82) is 5.41 Å². The average molecular weight is 137 g/mol. The molecule has 0 radical (unpaired) electrons. The van der Waals surface area contributed by atoms with Gasteiger partial charge in [0.05, 0.1) is 5.84 Å². The van der Waals surface area contributed by atoms with Gasteiger partial charge in [-0.05, 0) is 12.1 Å². The molecule has 1 heterocycles. The Balaban J connectivity index is 2.74. The largest absolute Gasteiger partial charge is 0.387 e. The van der Waals surface area contributed by atoms with Crippen LogP contribution in [-0.4, -0.2) is 10.4 Å². The number of aryl methyl sites for hydroxylation is 1. The summed E-state index contributed by atoms with van der Waals surface area (Å²) < 4.78 is 1.96. The maximum Gasteiger partial charge on any atom is 0.0965 e. The van der Waals surface area contributed by atoms with Gasteiger partial charge >= 0.3 is 0 Å². The molecule has 0 amide bonds. The molecule has 54 valence electrons. The molecule has 1 rings (SSSR count). The van der Waals surface area contributed by atoms with Gasteiger partial charge in [-0.1, -0.05) is 0 Å². The van der Waals surface area contributed by atoms with E-state index in [0.717, 1.165) is 5.69 Å². The number of amidine groups is 1. The summed E-state index contributed by atoms with van der Waals surface area (Å²) in [4.78, 5) is 0. The van der Waals surface area contributed by atoms with Gasteiger partial charge in [-0.3, -0.25) is 5.41 Å². The highest BCUT2D eigenvalue weighted by molar-refractivity contribution is 5.79. The third-order valence-corrected chi connectivity index (χ3v) is 1.42. The van der Waals surface area contributed by atoms with Crippen LogP contribution in [0, 0.1) is 5.41 Å². The lowest BCUT2D eigenvalue weighted by Gasteiger charge is -1.99. The topological polar surface area (TPSA) is 54.8 Å². The highest BCUT2D eigenvalue weighted by atomic mass is 14.9. The molecule has 0 saturated heterocycles. The predicted octanol–water partition coefficient (Wildman–Crippen LogP) is 0.504. The van der Waals surface area contributed by atoms with Crippen molar-refractivity contribution in [3.05, 3.63) is 24.0 Å². The number of nitrogens with two attached hydrogens (primary N) is 1. The maximum absolute atomic E-state index is 7.03. The second kappa shape index (κ2) is 2.56. The van der Waals surface area contributed by atoms with Crippen molar-refractivity contribution in [2.24, 2.45) is 12.8 Å².